The molecule has 190 valence electrons. The smallest absolute Gasteiger partial charge is 0.274 e. The molecule has 3 heterocycles. The highest BCUT2D eigenvalue weighted by Crippen LogP contribution is 2.43. The van der Waals surface area contributed by atoms with Crippen molar-refractivity contribution in [3.63, 3.8) is 0 Å². The molecule has 4 rings (SSSR count). The van der Waals surface area contributed by atoms with Crippen molar-refractivity contribution in [2.24, 2.45) is 0 Å². The summed E-state index contributed by atoms with van der Waals surface area (Å²) >= 11 is 0. The van der Waals surface area contributed by atoms with Crippen molar-refractivity contribution in [1.29, 1.82) is 0 Å². The van der Waals surface area contributed by atoms with E-state index in [4.69, 9.17) is 0 Å². The van der Waals surface area contributed by atoms with Crippen LogP contribution >= 0.6 is 0 Å². The summed E-state index contributed by atoms with van der Waals surface area (Å²) in [5.74, 6) is -3.62. The molecule has 2 aliphatic rings. The number of carbonyl (C=O) groups excluding carboxylic acids is 2. The van der Waals surface area contributed by atoms with Crippen LogP contribution in [0.25, 0.3) is 0 Å². The molecule has 3 N–H and O–H groups in total. The van der Waals surface area contributed by atoms with Crippen LogP contribution in [0.3, 0.4) is 0 Å². The van der Waals surface area contributed by atoms with Crippen LogP contribution in [0.5, 0.6) is 5.75 Å². The number of hydrogen-bond donors (Lipinski definition) is 3. The highest BCUT2D eigenvalue weighted by Gasteiger charge is 2.47. The highest BCUT2D eigenvalue weighted by molar-refractivity contribution is 6.67. The predicted octanol–water partition coefficient (Wildman–Crippen LogP) is -3.29. The molecule has 0 fully saturated rings. The molecule has 8 nitrogen and oxygen atoms in total. The highest BCUT2D eigenvalue weighted by atomic mass is 19.1. The first kappa shape index (κ1) is 27.1. The van der Waals surface area contributed by atoms with Gasteiger partial charge in [0.1, 0.15) is 32.9 Å². The van der Waals surface area contributed by atoms with Crippen molar-refractivity contribution < 1.29 is 23.5 Å². The lowest BCUT2D eigenvalue weighted by molar-refractivity contribution is 0.0674. The number of benzene rings is 1. The van der Waals surface area contributed by atoms with Gasteiger partial charge in [-0.3, -0.25) is 14.4 Å². The van der Waals surface area contributed by atoms with Gasteiger partial charge in [0.25, 0.3) is 11.8 Å². The van der Waals surface area contributed by atoms with Gasteiger partial charge in [-0.15, -0.1) is 5.11 Å². The molecule has 37 heavy (non-hydrogen) atoms. The maximum absolute atomic E-state index is 14.1. The number of halogens is 2. The molecule has 1 aromatic carbocycles. The fraction of sp³-hybridized carbons (Fsp3) is 0.409. The predicted molar refractivity (Wildman–Crippen MR) is 149 cm³/mol. The summed E-state index contributed by atoms with van der Waals surface area (Å²) in [7, 11) is 10.3. The Kier molecular flexibility index (Phi) is 6.90. The standard InChI is InChI=1S/C22H29B5F2N4O4/c1-2-32-8-11-6-13(31-22(26,27)21(23,24)25)15-14(17(34)18(35)16(20(32)37)33(11)15)19(36)30-7-9-3-4-10(28)5-12(9)29/h3-5,11,13,31,35H,2,6-8,23-27H2,1H3,(H,30,36)/t11-,13-/m1/s1. The minimum Gasteiger partial charge on any atom is -0.503 e. The number of carbonyl (C=O) groups is 2. The van der Waals surface area contributed by atoms with Crippen LogP contribution < -0.4 is 16.1 Å². The van der Waals surface area contributed by atoms with Crippen LogP contribution in [0.15, 0.2) is 23.0 Å². The van der Waals surface area contributed by atoms with Gasteiger partial charge in [0.2, 0.25) is 5.43 Å². The second-order valence-corrected chi connectivity index (χ2v) is 11.4. The van der Waals surface area contributed by atoms with Crippen LogP contribution in [-0.2, 0) is 6.54 Å². The number of rotatable bonds is 7. The van der Waals surface area contributed by atoms with Crippen molar-refractivity contribution in [2.45, 2.75) is 42.4 Å². The zero-order chi connectivity index (χ0) is 27.4. The second kappa shape index (κ2) is 9.42. The molecule has 2 aromatic rings. The van der Waals surface area contributed by atoms with Gasteiger partial charge in [-0.1, -0.05) is 11.4 Å². The van der Waals surface area contributed by atoms with Crippen molar-refractivity contribution >= 4 is 51.0 Å². The molecule has 1 aromatic heterocycles. The van der Waals surface area contributed by atoms with E-state index in [0.717, 1.165) is 6.07 Å². The van der Waals surface area contributed by atoms with E-state index in [1.54, 1.807) is 9.47 Å². The van der Waals surface area contributed by atoms with Gasteiger partial charge in [0.05, 0.1) is 35.3 Å². The summed E-state index contributed by atoms with van der Waals surface area (Å²) < 4.78 is 29.1. The van der Waals surface area contributed by atoms with E-state index in [1.165, 1.54) is 6.07 Å². The lowest BCUT2D eigenvalue weighted by atomic mass is 9.26. The first-order chi connectivity index (χ1) is 17.2. The van der Waals surface area contributed by atoms with E-state index in [9.17, 15) is 28.3 Å². The fourth-order valence-electron chi connectivity index (χ4n) is 4.96. The number of likely N-dealkylation sites (N-methyl/N-ethyl adjacent to an activating group) is 1. The average molecular weight is 506 g/mol. The van der Waals surface area contributed by atoms with Crippen LogP contribution in [0.2, 0.25) is 5.11 Å². The number of aromatic hydroxyl groups is 1. The molecule has 0 unspecified atom stereocenters. The number of pyridine rings is 1. The largest absolute Gasteiger partial charge is 0.503 e. The summed E-state index contributed by atoms with van der Waals surface area (Å²) in [6.07, 6.45) is 0.506. The molecule has 0 bridgehead atoms. The zero-order valence-corrected chi connectivity index (χ0v) is 22.0. The Morgan fingerprint density at radius 1 is 1.19 bits per heavy atom. The summed E-state index contributed by atoms with van der Waals surface area (Å²) in [6.45, 7) is 2.33. The van der Waals surface area contributed by atoms with Gasteiger partial charge in [-0.2, -0.15) is 0 Å². The molecular formula is C22H29B5F2N4O4. The zero-order valence-electron chi connectivity index (χ0n) is 22.0. The first-order valence-electron chi connectivity index (χ1n) is 12.5. The SMILES string of the molecule is BC(B)(B)C(B)(B)N[C@@H]1C[C@@H]2CN(CC)C(=O)c3c(O)c(=O)c(C(=O)NCc4ccc(F)cc4F)c1n32. The van der Waals surface area contributed by atoms with E-state index in [-0.39, 0.29) is 34.5 Å². The van der Waals surface area contributed by atoms with E-state index >= 15 is 0 Å². The van der Waals surface area contributed by atoms with E-state index < -0.39 is 46.0 Å². The first-order valence-corrected chi connectivity index (χ1v) is 12.5. The third-order valence-corrected chi connectivity index (χ3v) is 8.02. The lowest BCUT2D eigenvalue weighted by Crippen LogP contribution is -2.58. The van der Waals surface area contributed by atoms with Crippen molar-refractivity contribution in [3.05, 3.63) is 62.6 Å². The molecule has 0 spiro atoms. The van der Waals surface area contributed by atoms with Gasteiger partial charge in [-0.25, -0.2) is 8.78 Å². The van der Waals surface area contributed by atoms with Crippen molar-refractivity contribution in [3.8, 4) is 5.75 Å². The molecule has 0 aliphatic carbocycles. The number of hydrogen-bond acceptors (Lipinski definition) is 5. The number of amides is 2. The molecule has 0 saturated carbocycles. The summed E-state index contributed by atoms with van der Waals surface area (Å²) in [5, 5.41) is 16.4. The van der Waals surface area contributed by atoms with Gasteiger partial charge in [0, 0.05) is 37.3 Å². The molecule has 15 heteroatoms. The third-order valence-electron chi connectivity index (χ3n) is 8.02. The third kappa shape index (κ3) is 4.62. The summed E-state index contributed by atoms with van der Waals surface area (Å²) in [5.41, 5.74) is -0.973. The minimum atomic E-state index is -0.953. The Morgan fingerprint density at radius 3 is 2.46 bits per heavy atom. The molecule has 2 amide bonds. The Bertz CT molecular complexity index is 1350. The van der Waals surface area contributed by atoms with Gasteiger partial charge in [0.15, 0.2) is 11.4 Å². The van der Waals surface area contributed by atoms with Crippen LogP contribution in [0.1, 0.15) is 57.5 Å². The molecular weight excluding hydrogens is 476 g/mol. The van der Waals surface area contributed by atoms with Crippen molar-refractivity contribution in [2.75, 3.05) is 13.1 Å². The van der Waals surface area contributed by atoms with Crippen LogP contribution in [0.4, 0.5) is 8.78 Å². The van der Waals surface area contributed by atoms with Gasteiger partial charge < -0.3 is 25.2 Å². The van der Waals surface area contributed by atoms with Crippen LogP contribution in [-0.4, -0.2) is 84.0 Å². The van der Waals surface area contributed by atoms with Gasteiger partial charge in [-0.05, 0) is 19.4 Å². The number of aromatic nitrogens is 1. The Hall–Kier alpha value is -2.95. The maximum Gasteiger partial charge on any atom is 0.274 e. The molecule has 2 aliphatic heterocycles. The fourth-order valence-corrected chi connectivity index (χ4v) is 4.96. The maximum atomic E-state index is 14.1. The minimum absolute atomic E-state index is 0.0450. The van der Waals surface area contributed by atoms with Crippen LogP contribution in [0, 0.1) is 11.6 Å². The lowest BCUT2D eigenvalue weighted by Gasteiger charge is -2.43. The Labute approximate surface area is 218 Å². The van der Waals surface area contributed by atoms with E-state index in [1.807, 2.05) is 22.6 Å². The summed E-state index contributed by atoms with van der Waals surface area (Å²) in [4.78, 5) is 41.6. The topological polar surface area (TPSA) is 104 Å². The van der Waals surface area contributed by atoms with E-state index in [2.05, 4.69) is 34.2 Å². The monoisotopic (exact) mass is 506 g/mol. The number of nitrogens with one attached hydrogen (secondary N) is 2. The molecule has 0 saturated heterocycles. The second-order valence-electron chi connectivity index (χ2n) is 11.4. The number of nitrogens with zero attached hydrogens (tertiary/aromatic N) is 2. The van der Waals surface area contributed by atoms with E-state index in [0.29, 0.717) is 31.3 Å². The molecule has 0 radical (unpaired) electrons. The average Bonchev–Trinajstić information content (AvgIpc) is 3.13. The normalized spacial score (nSPS) is 19.1. The van der Waals surface area contributed by atoms with Crippen molar-refractivity contribution in [1.82, 2.24) is 20.1 Å². The quantitative estimate of drug-likeness (QED) is 0.343. The molecule has 2 atom stereocenters. The summed E-state index contributed by atoms with van der Waals surface area (Å²) in [6, 6.07) is 2.30. The Morgan fingerprint density at radius 2 is 1.86 bits per heavy atom. The Balaban J connectivity index is 1.82. The van der Waals surface area contributed by atoms with Gasteiger partial charge >= 0.3 is 0 Å².